The van der Waals surface area contributed by atoms with Crippen LogP contribution in [0.15, 0.2) is 47.4 Å². The number of carbonyl (C=O) groups is 1. The van der Waals surface area contributed by atoms with Gasteiger partial charge < -0.3 is 5.32 Å². The van der Waals surface area contributed by atoms with Crippen molar-refractivity contribution in [3.05, 3.63) is 58.1 Å². The second-order valence-electron chi connectivity index (χ2n) is 6.04. The van der Waals surface area contributed by atoms with Crippen LogP contribution >= 0.6 is 23.2 Å². The summed E-state index contributed by atoms with van der Waals surface area (Å²) in [5, 5.41) is 3.27. The number of rotatable bonds is 4. The zero-order chi connectivity index (χ0) is 18.7. The fourth-order valence-electron chi connectivity index (χ4n) is 2.83. The van der Waals surface area contributed by atoms with Gasteiger partial charge in [-0.05, 0) is 49.2 Å². The molecule has 8 heteroatoms. The Morgan fingerprint density at radius 1 is 0.962 bits per heavy atom. The normalized spacial score (nSPS) is 15.6. The highest BCUT2D eigenvalue weighted by Crippen LogP contribution is 2.30. The van der Waals surface area contributed by atoms with Crippen LogP contribution in [-0.4, -0.2) is 31.7 Å². The number of amides is 1. The van der Waals surface area contributed by atoms with Gasteiger partial charge in [-0.1, -0.05) is 35.7 Å². The van der Waals surface area contributed by atoms with Gasteiger partial charge >= 0.3 is 0 Å². The van der Waals surface area contributed by atoms with Crippen LogP contribution in [0.1, 0.15) is 29.6 Å². The monoisotopic (exact) mass is 412 g/mol. The van der Waals surface area contributed by atoms with Crippen LogP contribution in [0.5, 0.6) is 0 Å². The van der Waals surface area contributed by atoms with Crippen LogP contribution in [0.25, 0.3) is 0 Å². The first kappa shape index (κ1) is 19.2. The fraction of sp³-hybridized carbons (Fsp3) is 0.278. The van der Waals surface area contributed by atoms with E-state index in [0.717, 1.165) is 19.3 Å². The maximum absolute atomic E-state index is 12.6. The summed E-state index contributed by atoms with van der Waals surface area (Å²) in [7, 11) is -3.51. The highest BCUT2D eigenvalue weighted by Gasteiger charge is 2.26. The molecule has 0 aromatic heterocycles. The Kier molecular flexibility index (Phi) is 5.87. The zero-order valence-corrected chi connectivity index (χ0v) is 16.2. The molecule has 2 aromatic rings. The topological polar surface area (TPSA) is 66.5 Å². The molecule has 1 aliphatic rings. The average Bonchev–Trinajstić information content (AvgIpc) is 2.66. The first-order chi connectivity index (χ1) is 12.4. The van der Waals surface area contributed by atoms with Crippen LogP contribution in [0.2, 0.25) is 10.0 Å². The highest BCUT2D eigenvalue weighted by atomic mass is 35.5. The van der Waals surface area contributed by atoms with Gasteiger partial charge in [-0.25, -0.2) is 8.42 Å². The van der Waals surface area contributed by atoms with Gasteiger partial charge in [-0.15, -0.1) is 0 Å². The largest absolute Gasteiger partial charge is 0.321 e. The second-order valence-corrected chi connectivity index (χ2v) is 8.77. The number of hydrogen-bond acceptors (Lipinski definition) is 3. The quantitative estimate of drug-likeness (QED) is 0.807. The molecule has 1 fully saturated rings. The molecule has 3 rings (SSSR count). The lowest BCUT2D eigenvalue weighted by Gasteiger charge is -2.25. The molecular weight excluding hydrogens is 395 g/mol. The van der Waals surface area contributed by atoms with Crippen molar-refractivity contribution in [2.75, 3.05) is 18.4 Å². The van der Waals surface area contributed by atoms with E-state index in [1.807, 2.05) is 0 Å². The van der Waals surface area contributed by atoms with Crippen molar-refractivity contribution in [2.45, 2.75) is 24.2 Å². The summed E-state index contributed by atoms with van der Waals surface area (Å²) in [6.45, 7) is 1.08. The molecular formula is C18H18Cl2N2O3S. The Morgan fingerprint density at radius 3 is 2.27 bits per heavy atom. The molecule has 2 aromatic carbocycles. The predicted octanol–water partition coefficient (Wildman–Crippen LogP) is 4.42. The molecule has 0 saturated carbocycles. The van der Waals surface area contributed by atoms with Crippen molar-refractivity contribution in [1.29, 1.82) is 0 Å². The van der Waals surface area contributed by atoms with E-state index in [1.54, 1.807) is 18.2 Å². The summed E-state index contributed by atoms with van der Waals surface area (Å²) in [6, 6.07) is 10.8. The third-order valence-electron chi connectivity index (χ3n) is 4.27. The van der Waals surface area contributed by atoms with E-state index in [2.05, 4.69) is 5.32 Å². The fourth-order valence-corrected chi connectivity index (χ4v) is 4.69. The number of benzene rings is 2. The smallest absolute Gasteiger partial charge is 0.255 e. The molecule has 1 amide bonds. The van der Waals surface area contributed by atoms with Crippen molar-refractivity contribution in [1.82, 2.24) is 4.31 Å². The van der Waals surface area contributed by atoms with Crippen molar-refractivity contribution >= 4 is 44.8 Å². The van der Waals surface area contributed by atoms with Crippen molar-refractivity contribution in [3.8, 4) is 0 Å². The van der Waals surface area contributed by atoms with Gasteiger partial charge in [-0.3, -0.25) is 4.79 Å². The number of anilines is 1. The molecule has 1 saturated heterocycles. The first-order valence-corrected chi connectivity index (χ1v) is 10.4. The third kappa shape index (κ3) is 4.04. The van der Waals surface area contributed by atoms with E-state index in [9.17, 15) is 13.2 Å². The molecule has 0 bridgehead atoms. The number of carbonyl (C=O) groups excluding carboxylic acids is 1. The predicted molar refractivity (Wildman–Crippen MR) is 103 cm³/mol. The maximum atomic E-state index is 12.6. The Bertz CT molecular complexity index is 909. The van der Waals surface area contributed by atoms with Crippen LogP contribution in [0, 0.1) is 0 Å². The van der Waals surface area contributed by atoms with E-state index in [-0.39, 0.29) is 9.92 Å². The minimum absolute atomic E-state index is 0.191. The molecule has 138 valence electrons. The molecule has 26 heavy (non-hydrogen) atoms. The SMILES string of the molecule is O=C(Nc1cccc(Cl)c1Cl)c1ccc(S(=O)(=O)N2CCCCC2)cc1. The Labute approximate surface area is 163 Å². The van der Waals surface area contributed by atoms with E-state index in [4.69, 9.17) is 23.2 Å². The molecule has 1 N–H and O–H groups in total. The lowest BCUT2D eigenvalue weighted by Crippen LogP contribution is -2.35. The average molecular weight is 413 g/mol. The number of nitrogens with zero attached hydrogens (tertiary/aromatic N) is 1. The van der Waals surface area contributed by atoms with E-state index in [1.165, 1.54) is 28.6 Å². The number of hydrogen-bond donors (Lipinski definition) is 1. The molecule has 1 aliphatic heterocycles. The van der Waals surface area contributed by atoms with Crippen molar-refractivity contribution < 1.29 is 13.2 Å². The summed E-state index contributed by atoms with van der Waals surface area (Å²) in [5.74, 6) is -0.393. The Morgan fingerprint density at radius 2 is 1.62 bits per heavy atom. The van der Waals surface area contributed by atoms with Gasteiger partial charge in [0, 0.05) is 18.7 Å². The first-order valence-electron chi connectivity index (χ1n) is 8.25. The van der Waals surface area contributed by atoms with Crippen molar-refractivity contribution in [3.63, 3.8) is 0 Å². The Balaban J connectivity index is 1.76. The third-order valence-corrected chi connectivity index (χ3v) is 7.00. The summed E-state index contributed by atoms with van der Waals surface area (Å²) in [6.07, 6.45) is 2.80. The zero-order valence-electron chi connectivity index (χ0n) is 13.9. The van der Waals surface area contributed by atoms with Gasteiger partial charge in [0.1, 0.15) is 0 Å². The van der Waals surface area contributed by atoms with E-state index >= 15 is 0 Å². The summed E-state index contributed by atoms with van der Waals surface area (Å²) >= 11 is 12.0. The summed E-state index contributed by atoms with van der Waals surface area (Å²) in [4.78, 5) is 12.6. The minimum atomic E-state index is -3.51. The summed E-state index contributed by atoms with van der Waals surface area (Å²) < 4.78 is 26.8. The Hall–Kier alpha value is -1.60. The summed E-state index contributed by atoms with van der Waals surface area (Å²) in [5.41, 5.74) is 0.729. The molecule has 0 unspecified atom stereocenters. The number of nitrogens with one attached hydrogen (secondary N) is 1. The second kappa shape index (κ2) is 7.96. The number of halogens is 2. The number of piperidine rings is 1. The van der Waals surface area contributed by atoms with Crippen LogP contribution < -0.4 is 5.32 Å². The van der Waals surface area contributed by atoms with E-state index in [0.29, 0.717) is 29.4 Å². The van der Waals surface area contributed by atoms with Crippen LogP contribution in [0.3, 0.4) is 0 Å². The van der Waals surface area contributed by atoms with Gasteiger partial charge in [0.2, 0.25) is 10.0 Å². The van der Waals surface area contributed by atoms with Crippen LogP contribution in [-0.2, 0) is 10.0 Å². The van der Waals surface area contributed by atoms with Gasteiger partial charge in [-0.2, -0.15) is 4.31 Å². The molecule has 0 spiro atoms. The molecule has 0 aliphatic carbocycles. The van der Waals surface area contributed by atoms with Gasteiger partial charge in [0.15, 0.2) is 0 Å². The lowest BCUT2D eigenvalue weighted by molar-refractivity contribution is 0.102. The van der Waals surface area contributed by atoms with E-state index < -0.39 is 15.9 Å². The van der Waals surface area contributed by atoms with Crippen LogP contribution in [0.4, 0.5) is 5.69 Å². The molecule has 0 atom stereocenters. The number of sulfonamides is 1. The standard InChI is InChI=1S/C18H18Cl2N2O3S/c19-15-5-4-6-16(17(15)20)21-18(23)13-7-9-14(10-8-13)26(24,25)22-11-2-1-3-12-22/h4-10H,1-3,11-12H2,(H,21,23). The molecule has 0 radical (unpaired) electrons. The van der Waals surface area contributed by atoms with Crippen molar-refractivity contribution in [2.24, 2.45) is 0 Å². The lowest BCUT2D eigenvalue weighted by atomic mass is 10.2. The highest BCUT2D eigenvalue weighted by molar-refractivity contribution is 7.89. The molecule has 5 nitrogen and oxygen atoms in total. The molecule has 1 heterocycles. The van der Waals surface area contributed by atoms with Gasteiger partial charge in [0.25, 0.3) is 5.91 Å². The minimum Gasteiger partial charge on any atom is -0.321 e. The van der Waals surface area contributed by atoms with Gasteiger partial charge in [0.05, 0.1) is 20.6 Å². The maximum Gasteiger partial charge on any atom is 0.255 e.